The van der Waals surface area contributed by atoms with Crippen molar-refractivity contribution in [2.45, 2.75) is 26.3 Å². The van der Waals surface area contributed by atoms with Gasteiger partial charge in [-0.3, -0.25) is 4.79 Å². The standard InChI is InChI=1S/C12H19NO4/c1-12(2)6-8(12)10(14)13-4-5-17-7-9(13)11(15)16-3/h8-9H,4-7H2,1-3H3. The molecule has 5 heteroatoms. The SMILES string of the molecule is COC(=O)C1COCCN1C(=O)C1CC1(C)C. The predicted octanol–water partition coefficient (Wildman–Crippen LogP) is 0.433. The maximum absolute atomic E-state index is 12.3. The second-order valence-corrected chi connectivity index (χ2v) is 5.39. The molecule has 0 bridgehead atoms. The van der Waals surface area contributed by atoms with E-state index in [1.54, 1.807) is 4.90 Å². The summed E-state index contributed by atoms with van der Waals surface area (Å²) >= 11 is 0. The van der Waals surface area contributed by atoms with Gasteiger partial charge in [0.05, 0.1) is 20.3 Å². The number of esters is 1. The van der Waals surface area contributed by atoms with E-state index in [2.05, 4.69) is 13.8 Å². The number of ether oxygens (including phenoxy) is 2. The fraction of sp³-hybridized carbons (Fsp3) is 0.833. The van der Waals surface area contributed by atoms with Gasteiger partial charge in [0.25, 0.3) is 0 Å². The first-order valence-corrected chi connectivity index (χ1v) is 5.93. The van der Waals surface area contributed by atoms with Crippen LogP contribution in [0.15, 0.2) is 0 Å². The quantitative estimate of drug-likeness (QED) is 0.658. The van der Waals surface area contributed by atoms with E-state index in [-0.39, 0.29) is 23.8 Å². The summed E-state index contributed by atoms with van der Waals surface area (Å²) in [6.45, 7) is 5.36. The highest BCUT2D eigenvalue weighted by atomic mass is 16.5. The van der Waals surface area contributed by atoms with Gasteiger partial charge in [-0.25, -0.2) is 4.79 Å². The molecule has 5 nitrogen and oxygen atoms in total. The smallest absolute Gasteiger partial charge is 0.331 e. The van der Waals surface area contributed by atoms with Crippen LogP contribution in [0, 0.1) is 11.3 Å². The Morgan fingerprint density at radius 1 is 1.41 bits per heavy atom. The Kier molecular flexibility index (Phi) is 3.12. The van der Waals surface area contributed by atoms with Crippen molar-refractivity contribution in [2.24, 2.45) is 11.3 Å². The van der Waals surface area contributed by atoms with Crippen LogP contribution in [-0.2, 0) is 19.1 Å². The van der Waals surface area contributed by atoms with Gasteiger partial charge in [-0.2, -0.15) is 0 Å². The molecule has 0 N–H and O–H groups in total. The Balaban J connectivity index is 2.06. The highest BCUT2D eigenvalue weighted by Gasteiger charge is 2.53. The molecule has 0 aromatic carbocycles. The van der Waals surface area contributed by atoms with Gasteiger partial charge in [-0.05, 0) is 11.8 Å². The van der Waals surface area contributed by atoms with E-state index in [9.17, 15) is 9.59 Å². The van der Waals surface area contributed by atoms with Crippen molar-refractivity contribution in [3.05, 3.63) is 0 Å². The molecule has 2 fully saturated rings. The summed E-state index contributed by atoms with van der Waals surface area (Å²) in [5, 5.41) is 0. The van der Waals surface area contributed by atoms with Crippen LogP contribution in [0.4, 0.5) is 0 Å². The highest BCUT2D eigenvalue weighted by molar-refractivity contribution is 5.88. The minimum Gasteiger partial charge on any atom is -0.467 e. The zero-order chi connectivity index (χ0) is 12.6. The zero-order valence-corrected chi connectivity index (χ0v) is 10.6. The fourth-order valence-corrected chi connectivity index (χ4v) is 2.29. The van der Waals surface area contributed by atoms with E-state index in [4.69, 9.17) is 9.47 Å². The predicted molar refractivity (Wildman–Crippen MR) is 60.2 cm³/mol. The Bertz CT molecular complexity index is 339. The lowest BCUT2D eigenvalue weighted by atomic mass is 10.1. The highest BCUT2D eigenvalue weighted by Crippen LogP contribution is 2.52. The number of nitrogens with zero attached hydrogens (tertiary/aromatic N) is 1. The monoisotopic (exact) mass is 241 g/mol. The fourth-order valence-electron chi connectivity index (χ4n) is 2.29. The largest absolute Gasteiger partial charge is 0.467 e. The van der Waals surface area contributed by atoms with Crippen LogP contribution in [0.1, 0.15) is 20.3 Å². The van der Waals surface area contributed by atoms with E-state index in [0.717, 1.165) is 6.42 Å². The average molecular weight is 241 g/mol. The van der Waals surface area contributed by atoms with E-state index < -0.39 is 12.0 Å². The summed E-state index contributed by atoms with van der Waals surface area (Å²) in [7, 11) is 1.33. The summed E-state index contributed by atoms with van der Waals surface area (Å²) in [5.74, 6) is -0.280. The summed E-state index contributed by atoms with van der Waals surface area (Å²) in [5.41, 5.74) is 0.0794. The molecule has 2 atom stereocenters. The van der Waals surface area contributed by atoms with Crippen molar-refractivity contribution >= 4 is 11.9 Å². The van der Waals surface area contributed by atoms with Gasteiger partial charge in [-0.15, -0.1) is 0 Å². The topological polar surface area (TPSA) is 55.8 Å². The lowest BCUT2D eigenvalue weighted by Crippen LogP contribution is -2.53. The first-order valence-electron chi connectivity index (χ1n) is 5.93. The Morgan fingerprint density at radius 2 is 2.06 bits per heavy atom. The summed E-state index contributed by atoms with van der Waals surface area (Å²) < 4.78 is 9.95. The maximum atomic E-state index is 12.3. The molecule has 1 aliphatic heterocycles. The number of carbonyl (C=O) groups excluding carboxylic acids is 2. The molecule has 1 heterocycles. The Labute approximate surface area is 101 Å². The molecule has 17 heavy (non-hydrogen) atoms. The molecule has 0 spiro atoms. The molecular weight excluding hydrogens is 222 g/mol. The first kappa shape index (κ1) is 12.4. The van der Waals surface area contributed by atoms with Crippen molar-refractivity contribution in [2.75, 3.05) is 26.9 Å². The summed E-state index contributed by atoms with van der Waals surface area (Å²) in [6, 6.07) is -0.572. The van der Waals surface area contributed by atoms with E-state index in [0.29, 0.717) is 13.2 Å². The third-order valence-electron chi connectivity index (χ3n) is 3.70. The number of amides is 1. The van der Waals surface area contributed by atoms with Crippen molar-refractivity contribution in [1.82, 2.24) is 4.90 Å². The molecule has 96 valence electrons. The van der Waals surface area contributed by atoms with Crippen molar-refractivity contribution in [3.8, 4) is 0 Å². The Hall–Kier alpha value is -1.10. The Morgan fingerprint density at radius 3 is 2.59 bits per heavy atom. The molecule has 1 aliphatic carbocycles. The van der Waals surface area contributed by atoms with E-state index in [1.165, 1.54) is 7.11 Å². The van der Waals surface area contributed by atoms with Gasteiger partial charge >= 0.3 is 5.97 Å². The van der Waals surface area contributed by atoms with Crippen LogP contribution in [-0.4, -0.2) is 49.7 Å². The van der Waals surface area contributed by atoms with E-state index >= 15 is 0 Å². The molecule has 2 aliphatic rings. The minimum absolute atomic E-state index is 0.0488. The van der Waals surface area contributed by atoms with Crippen LogP contribution in [0.2, 0.25) is 0 Å². The molecule has 2 rings (SSSR count). The number of morpholine rings is 1. The summed E-state index contributed by atoms with van der Waals surface area (Å²) in [6.07, 6.45) is 0.900. The second kappa shape index (κ2) is 4.29. The van der Waals surface area contributed by atoms with Gasteiger partial charge in [0, 0.05) is 12.5 Å². The normalized spacial score (nSPS) is 30.9. The van der Waals surface area contributed by atoms with Gasteiger partial charge in [-0.1, -0.05) is 13.8 Å². The molecular formula is C12H19NO4. The maximum Gasteiger partial charge on any atom is 0.331 e. The lowest BCUT2D eigenvalue weighted by molar-refractivity contribution is -0.161. The number of rotatable bonds is 2. The van der Waals surface area contributed by atoms with Crippen molar-refractivity contribution in [3.63, 3.8) is 0 Å². The van der Waals surface area contributed by atoms with Gasteiger partial charge in [0.2, 0.25) is 5.91 Å². The first-order chi connectivity index (χ1) is 7.97. The molecule has 1 saturated carbocycles. The molecule has 2 unspecified atom stereocenters. The second-order valence-electron chi connectivity index (χ2n) is 5.39. The van der Waals surface area contributed by atoms with Gasteiger partial charge in [0.1, 0.15) is 0 Å². The molecule has 0 aromatic heterocycles. The van der Waals surface area contributed by atoms with Crippen molar-refractivity contribution in [1.29, 1.82) is 0 Å². The number of methoxy groups -OCH3 is 1. The van der Waals surface area contributed by atoms with Crippen LogP contribution >= 0.6 is 0 Å². The molecule has 0 aromatic rings. The van der Waals surface area contributed by atoms with Crippen LogP contribution in [0.3, 0.4) is 0 Å². The van der Waals surface area contributed by atoms with Crippen LogP contribution in [0.5, 0.6) is 0 Å². The van der Waals surface area contributed by atoms with Crippen LogP contribution < -0.4 is 0 Å². The third kappa shape index (κ3) is 2.29. The average Bonchev–Trinajstić information content (AvgIpc) is 2.96. The lowest BCUT2D eigenvalue weighted by Gasteiger charge is -2.34. The molecule has 0 radical (unpaired) electrons. The minimum atomic E-state index is -0.572. The van der Waals surface area contributed by atoms with Crippen LogP contribution in [0.25, 0.3) is 0 Å². The zero-order valence-electron chi connectivity index (χ0n) is 10.6. The van der Waals surface area contributed by atoms with Gasteiger partial charge < -0.3 is 14.4 Å². The van der Waals surface area contributed by atoms with E-state index in [1.807, 2.05) is 0 Å². The number of hydrogen-bond acceptors (Lipinski definition) is 4. The van der Waals surface area contributed by atoms with Crippen molar-refractivity contribution < 1.29 is 19.1 Å². The third-order valence-corrected chi connectivity index (χ3v) is 3.70. The number of carbonyl (C=O) groups is 2. The summed E-state index contributed by atoms with van der Waals surface area (Å²) in [4.78, 5) is 25.5. The number of hydrogen-bond donors (Lipinski definition) is 0. The molecule has 1 saturated heterocycles. The van der Waals surface area contributed by atoms with Gasteiger partial charge in [0.15, 0.2) is 6.04 Å². The molecule has 1 amide bonds.